The van der Waals surface area contributed by atoms with Crippen molar-refractivity contribution >= 4 is 5.97 Å². The number of hydrogen-bond acceptors (Lipinski definition) is 6. The molecule has 2 aromatic rings. The largest absolute Gasteiger partial charge is 0.462 e. The van der Waals surface area contributed by atoms with Gasteiger partial charge in [0.05, 0.1) is 7.11 Å². The molecule has 2 heterocycles. The van der Waals surface area contributed by atoms with Gasteiger partial charge in [0.1, 0.15) is 0 Å². The van der Waals surface area contributed by atoms with E-state index in [2.05, 4.69) is 14.9 Å². The molecule has 88 valence electrons. The average Bonchev–Trinajstić information content (AvgIpc) is 2.81. The minimum absolute atomic E-state index is 0.100. The van der Waals surface area contributed by atoms with Crippen molar-refractivity contribution in [3.8, 4) is 11.5 Å². The third kappa shape index (κ3) is 2.07. The Balaban J connectivity index is 2.40. The standard InChI is InChI=1S/C10H9N3O4/c1-13-4-3-6(5-7(13)14)8-11-12-9(17-8)10(15)16-2/h3-5H,1-2H3. The highest BCUT2D eigenvalue weighted by atomic mass is 16.5. The van der Waals surface area contributed by atoms with E-state index in [9.17, 15) is 9.59 Å². The van der Waals surface area contributed by atoms with Gasteiger partial charge in [-0.25, -0.2) is 4.79 Å². The van der Waals surface area contributed by atoms with Crippen molar-refractivity contribution in [2.45, 2.75) is 0 Å². The van der Waals surface area contributed by atoms with Gasteiger partial charge in [-0.15, -0.1) is 10.2 Å². The van der Waals surface area contributed by atoms with Crippen molar-refractivity contribution in [3.63, 3.8) is 0 Å². The molecule has 0 saturated heterocycles. The quantitative estimate of drug-likeness (QED) is 0.692. The molecule has 0 amide bonds. The molecule has 7 nitrogen and oxygen atoms in total. The van der Waals surface area contributed by atoms with Crippen molar-refractivity contribution in [2.75, 3.05) is 7.11 Å². The summed E-state index contributed by atoms with van der Waals surface area (Å²) >= 11 is 0. The fraction of sp³-hybridized carbons (Fsp3) is 0.200. The second-order valence-corrected chi connectivity index (χ2v) is 3.27. The lowest BCUT2D eigenvalue weighted by atomic mass is 10.3. The molecule has 0 aromatic carbocycles. The molecule has 0 aliphatic heterocycles. The molecule has 0 fully saturated rings. The first kappa shape index (κ1) is 11.1. The molecule has 0 bridgehead atoms. The van der Waals surface area contributed by atoms with Crippen LogP contribution in [0.1, 0.15) is 10.7 Å². The fourth-order valence-electron chi connectivity index (χ4n) is 1.19. The molecule has 0 spiro atoms. The molecular weight excluding hydrogens is 226 g/mol. The Labute approximate surface area is 95.7 Å². The van der Waals surface area contributed by atoms with Crippen molar-refractivity contribution in [1.82, 2.24) is 14.8 Å². The van der Waals surface area contributed by atoms with Gasteiger partial charge in [0.15, 0.2) is 0 Å². The van der Waals surface area contributed by atoms with Gasteiger partial charge in [-0.3, -0.25) is 4.79 Å². The molecule has 2 aromatic heterocycles. The topological polar surface area (TPSA) is 87.2 Å². The van der Waals surface area contributed by atoms with Gasteiger partial charge in [0, 0.05) is 24.9 Å². The van der Waals surface area contributed by atoms with E-state index in [1.807, 2.05) is 0 Å². The minimum Gasteiger partial charge on any atom is -0.462 e. The second-order valence-electron chi connectivity index (χ2n) is 3.27. The van der Waals surface area contributed by atoms with Gasteiger partial charge >= 0.3 is 11.9 Å². The molecule has 0 aliphatic rings. The Morgan fingerprint density at radius 3 is 2.88 bits per heavy atom. The van der Waals surface area contributed by atoms with E-state index in [1.165, 1.54) is 17.7 Å². The highest BCUT2D eigenvalue weighted by Crippen LogP contribution is 2.15. The maximum Gasteiger partial charge on any atom is 0.396 e. The number of pyridine rings is 1. The van der Waals surface area contributed by atoms with Crippen molar-refractivity contribution in [2.24, 2.45) is 7.05 Å². The SMILES string of the molecule is COC(=O)c1nnc(-c2ccn(C)c(=O)c2)o1. The first-order valence-electron chi connectivity index (χ1n) is 4.70. The van der Waals surface area contributed by atoms with E-state index in [4.69, 9.17) is 4.42 Å². The summed E-state index contributed by atoms with van der Waals surface area (Å²) in [5.74, 6) is -0.862. The molecule has 0 aliphatic carbocycles. The van der Waals surface area contributed by atoms with Crippen LogP contribution in [0, 0.1) is 0 Å². The van der Waals surface area contributed by atoms with Crippen molar-refractivity contribution in [1.29, 1.82) is 0 Å². The predicted molar refractivity (Wildman–Crippen MR) is 56.3 cm³/mol. The summed E-state index contributed by atoms with van der Waals surface area (Å²) in [6, 6.07) is 2.98. The maximum atomic E-state index is 11.4. The zero-order chi connectivity index (χ0) is 12.4. The van der Waals surface area contributed by atoms with Gasteiger partial charge in [-0.2, -0.15) is 0 Å². The number of rotatable bonds is 2. The average molecular weight is 235 g/mol. The molecule has 0 unspecified atom stereocenters. The molecule has 0 saturated carbocycles. The van der Waals surface area contributed by atoms with E-state index in [-0.39, 0.29) is 17.3 Å². The lowest BCUT2D eigenvalue weighted by molar-refractivity contribution is 0.0556. The zero-order valence-electron chi connectivity index (χ0n) is 9.21. The zero-order valence-corrected chi connectivity index (χ0v) is 9.21. The Morgan fingerprint density at radius 2 is 2.24 bits per heavy atom. The summed E-state index contributed by atoms with van der Waals surface area (Å²) in [4.78, 5) is 22.5. The molecule has 2 rings (SSSR count). The third-order valence-corrected chi connectivity index (χ3v) is 2.14. The van der Waals surface area contributed by atoms with Crippen LogP contribution in [-0.4, -0.2) is 27.8 Å². The molecule has 0 N–H and O–H groups in total. The Kier molecular flexibility index (Phi) is 2.73. The predicted octanol–water partition coefficient (Wildman–Crippen LogP) is 0.222. The summed E-state index contributed by atoms with van der Waals surface area (Å²) in [5, 5.41) is 7.18. The third-order valence-electron chi connectivity index (χ3n) is 2.14. The summed E-state index contributed by atoms with van der Waals surface area (Å²) in [5.41, 5.74) is 0.246. The van der Waals surface area contributed by atoms with Crippen LogP contribution in [0.4, 0.5) is 0 Å². The van der Waals surface area contributed by atoms with Gasteiger partial charge in [-0.05, 0) is 6.07 Å². The highest BCUT2D eigenvalue weighted by molar-refractivity contribution is 5.84. The number of carbonyl (C=O) groups is 1. The van der Waals surface area contributed by atoms with Gasteiger partial charge < -0.3 is 13.7 Å². The van der Waals surface area contributed by atoms with E-state index >= 15 is 0 Å². The van der Waals surface area contributed by atoms with Crippen molar-refractivity contribution in [3.05, 3.63) is 34.6 Å². The number of esters is 1. The van der Waals surface area contributed by atoms with Gasteiger partial charge in [-0.1, -0.05) is 0 Å². The molecule has 0 radical (unpaired) electrons. The Hall–Kier alpha value is -2.44. The normalized spacial score (nSPS) is 10.2. The van der Waals surface area contributed by atoms with Crippen molar-refractivity contribution < 1.29 is 13.9 Å². The van der Waals surface area contributed by atoms with Crippen LogP contribution in [0.15, 0.2) is 27.5 Å². The lowest BCUT2D eigenvalue weighted by Gasteiger charge is -1.97. The molecule has 0 atom stereocenters. The number of aryl methyl sites for hydroxylation is 1. The molecular formula is C10H9N3O4. The van der Waals surface area contributed by atoms with Crippen LogP contribution in [-0.2, 0) is 11.8 Å². The number of ether oxygens (including phenoxy) is 1. The van der Waals surface area contributed by atoms with Crippen LogP contribution in [0.25, 0.3) is 11.5 Å². The summed E-state index contributed by atoms with van der Waals surface area (Å²) in [6.07, 6.45) is 1.57. The minimum atomic E-state index is -0.715. The Morgan fingerprint density at radius 1 is 1.47 bits per heavy atom. The van der Waals surface area contributed by atoms with E-state index < -0.39 is 5.97 Å². The molecule has 17 heavy (non-hydrogen) atoms. The number of hydrogen-bond donors (Lipinski definition) is 0. The lowest BCUT2D eigenvalue weighted by Crippen LogP contribution is -2.14. The van der Waals surface area contributed by atoms with Crippen LogP contribution in [0.5, 0.6) is 0 Å². The van der Waals surface area contributed by atoms with E-state index in [0.29, 0.717) is 5.56 Å². The van der Waals surface area contributed by atoms with E-state index in [1.54, 1.807) is 19.3 Å². The maximum absolute atomic E-state index is 11.4. The van der Waals surface area contributed by atoms with Gasteiger partial charge in [0.25, 0.3) is 5.56 Å². The van der Waals surface area contributed by atoms with Crippen LogP contribution >= 0.6 is 0 Å². The number of methoxy groups -OCH3 is 1. The van der Waals surface area contributed by atoms with Gasteiger partial charge in [0.2, 0.25) is 5.89 Å². The summed E-state index contributed by atoms with van der Waals surface area (Å²) in [6.45, 7) is 0. The summed E-state index contributed by atoms with van der Waals surface area (Å²) in [7, 11) is 2.84. The smallest absolute Gasteiger partial charge is 0.396 e. The van der Waals surface area contributed by atoms with E-state index in [0.717, 1.165) is 0 Å². The van der Waals surface area contributed by atoms with Crippen LogP contribution in [0.3, 0.4) is 0 Å². The molecule has 7 heteroatoms. The fourth-order valence-corrected chi connectivity index (χ4v) is 1.19. The monoisotopic (exact) mass is 235 g/mol. The second kappa shape index (κ2) is 4.20. The Bertz CT molecular complexity index is 614. The number of nitrogens with zero attached hydrogens (tertiary/aromatic N) is 3. The van der Waals surface area contributed by atoms with Crippen LogP contribution < -0.4 is 5.56 Å². The summed E-state index contributed by atoms with van der Waals surface area (Å²) < 4.78 is 10.9. The number of aromatic nitrogens is 3. The first-order valence-corrected chi connectivity index (χ1v) is 4.70. The van der Waals surface area contributed by atoms with Crippen LogP contribution in [0.2, 0.25) is 0 Å². The highest BCUT2D eigenvalue weighted by Gasteiger charge is 2.16. The first-order chi connectivity index (χ1) is 8.11. The number of carbonyl (C=O) groups excluding carboxylic acids is 1.